The third-order valence-corrected chi connectivity index (χ3v) is 4.07. The van der Waals surface area contributed by atoms with Gasteiger partial charge in [0.1, 0.15) is 5.52 Å². The molecule has 0 aliphatic rings. The van der Waals surface area contributed by atoms with Crippen molar-refractivity contribution >= 4 is 21.7 Å². The third-order valence-electron chi connectivity index (χ3n) is 4.07. The molecule has 24 heavy (non-hydrogen) atoms. The number of hydrogen-bond acceptors (Lipinski definition) is 4. The topological polar surface area (TPSA) is 62.6 Å². The zero-order valence-electron chi connectivity index (χ0n) is 12.8. The number of aromatic hydroxyl groups is 1. The molecule has 4 aromatic rings. The van der Waals surface area contributed by atoms with Crippen molar-refractivity contribution in [3.05, 3.63) is 72.4 Å². The summed E-state index contributed by atoms with van der Waals surface area (Å²) in [6.07, 6.45) is 1.71. The molecule has 0 fully saturated rings. The number of hydrogen-bond donors (Lipinski definition) is 2. The minimum atomic E-state index is -0.0791. The van der Waals surface area contributed by atoms with Crippen molar-refractivity contribution in [2.75, 3.05) is 0 Å². The minimum Gasteiger partial charge on any atom is -0.504 e. The first kappa shape index (κ1) is 14.5. The van der Waals surface area contributed by atoms with Crippen LogP contribution in [0, 0.1) is 0 Å². The van der Waals surface area contributed by atoms with Gasteiger partial charge in [0.2, 0.25) is 0 Å². The van der Waals surface area contributed by atoms with Crippen LogP contribution in [-0.4, -0.2) is 15.2 Å². The number of benzene rings is 3. The maximum absolute atomic E-state index is 10.6. The van der Waals surface area contributed by atoms with Gasteiger partial charge in [-0.25, -0.2) is 0 Å². The molecule has 0 spiro atoms. The van der Waals surface area contributed by atoms with Crippen molar-refractivity contribution in [1.29, 1.82) is 0 Å². The van der Waals surface area contributed by atoms with Gasteiger partial charge in [-0.3, -0.25) is 4.98 Å². The summed E-state index contributed by atoms with van der Waals surface area (Å²) >= 11 is 0. The summed E-state index contributed by atoms with van der Waals surface area (Å²) in [5, 5.41) is 22.4. The first-order valence-electron chi connectivity index (χ1n) is 7.64. The Balaban J connectivity index is 1.84. The number of pyridine rings is 1. The Morgan fingerprint density at radius 3 is 2.54 bits per heavy atom. The second-order valence-electron chi connectivity index (χ2n) is 5.52. The highest BCUT2D eigenvalue weighted by Crippen LogP contribution is 2.39. The minimum absolute atomic E-state index is 0.0516. The molecule has 0 amide bonds. The number of para-hydroxylation sites is 1. The van der Waals surface area contributed by atoms with Crippen LogP contribution >= 0.6 is 0 Å². The van der Waals surface area contributed by atoms with E-state index in [2.05, 4.69) is 4.98 Å². The van der Waals surface area contributed by atoms with Crippen LogP contribution in [-0.2, 0) is 6.61 Å². The van der Waals surface area contributed by atoms with Gasteiger partial charge in [-0.05, 0) is 29.1 Å². The van der Waals surface area contributed by atoms with Crippen LogP contribution < -0.4 is 4.74 Å². The Kier molecular flexibility index (Phi) is 3.52. The van der Waals surface area contributed by atoms with Gasteiger partial charge in [0.25, 0.3) is 0 Å². The van der Waals surface area contributed by atoms with Gasteiger partial charge in [-0.15, -0.1) is 0 Å². The molecular weight excluding hydrogens is 302 g/mol. The molecular formula is C20H15NO3. The highest BCUT2D eigenvalue weighted by Gasteiger charge is 2.12. The summed E-state index contributed by atoms with van der Waals surface area (Å²) in [4.78, 5) is 4.36. The first-order valence-corrected chi connectivity index (χ1v) is 7.64. The molecule has 118 valence electrons. The van der Waals surface area contributed by atoms with Crippen molar-refractivity contribution in [3.63, 3.8) is 0 Å². The predicted molar refractivity (Wildman–Crippen MR) is 93.4 cm³/mol. The number of ether oxygens (including phenoxy) is 1. The fourth-order valence-electron chi connectivity index (χ4n) is 2.88. The quantitative estimate of drug-likeness (QED) is 0.588. The van der Waals surface area contributed by atoms with Crippen molar-refractivity contribution in [1.82, 2.24) is 4.98 Å². The van der Waals surface area contributed by atoms with Gasteiger partial charge in [-0.1, -0.05) is 42.5 Å². The molecule has 0 bridgehead atoms. The molecule has 0 unspecified atom stereocenters. The summed E-state index contributed by atoms with van der Waals surface area (Å²) in [7, 11) is 0. The fourth-order valence-corrected chi connectivity index (χ4v) is 2.88. The van der Waals surface area contributed by atoms with E-state index in [-0.39, 0.29) is 12.4 Å². The predicted octanol–water partition coefficient (Wildman–Crippen LogP) is 4.38. The Bertz CT molecular complexity index is 1040. The van der Waals surface area contributed by atoms with Crippen LogP contribution in [0.2, 0.25) is 0 Å². The standard InChI is InChI=1S/C20H15NO3/c22-12-14-5-1-7-16-15(14)9-10-18(20(16)23)24-17-8-2-4-13-6-3-11-21-19(13)17/h1-11,22-23H,12H2. The zero-order chi connectivity index (χ0) is 16.5. The molecule has 1 heterocycles. The Labute approximate surface area is 138 Å². The Morgan fingerprint density at radius 1 is 0.833 bits per heavy atom. The normalized spacial score (nSPS) is 11.0. The van der Waals surface area contributed by atoms with E-state index >= 15 is 0 Å². The summed E-state index contributed by atoms with van der Waals surface area (Å²) in [6, 6.07) is 18.5. The fraction of sp³-hybridized carbons (Fsp3) is 0.0500. The number of fused-ring (bicyclic) bond motifs is 2. The number of aromatic nitrogens is 1. The van der Waals surface area contributed by atoms with E-state index in [1.54, 1.807) is 24.4 Å². The molecule has 2 N–H and O–H groups in total. The lowest BCUT2D eigenvalue weighted by Crippen LogP contribution is -1.91. The van der Waals surface area contributed by atoms with Crippen LogP contribution in [0.15, 0.2) is 66.9 Å². The Hall–Kier alpha value is -3.11. The SMILES string of the molecule is OCc1cccc2c(O)c(Oc3cccc4cccnc34)ccc12. The van der Waals surface area contributed by atoms with E-state index in [1.807, 2.05) is 42.5 Å². The number of aliphatic hydroxyl groups excluding tert-OH is 1. The van der Waals surface area contributed by atoms with Gasteiger partial charge in [0, 0.05) is 17.0 Å². The number of nitrogens with zero attached hydrogens (tertiary/aromatic N) is 1. The zero-order valence-corrected chi connectivity index (χ0v) is 12.8. The number of aliphatic hydroxyl groups is 1. The molecule has 4 rings (SSSR count). The summed E-state index contributed by atoms with van der Waals surface area (Å²) < 4.78 is 5.93. The van der Waals surface area contributed by atoms with E-state index in [0.29, 0.717) is 16.9 Å². The van der Waals surface area contributed by atoms with E-state index in [0.717, 1.165) is 21.9 Å². The highest BCUT2D eigenvalue weighted by molar-refractivity contribution is 5.93. The van der Waals surface area contributed by atoms with E-state index in [4.69, 9.17) is 4.74 Å². The lowest BCUT2D eigenvalue weighted by molar-refractivity contribution is 0.283. The van der Waals surface area contributed by atoms with Crippen molar-refractivity contribution in [2.45, 2.75) is 6.61 Å². The van der Waals surface area contributed by atoms with Gasteiger partial charge in [-0.2, -0.15) is 0 Å². The maximum atomic E-state index is 10.6. The second kappa shape index (κ2) is 5.83. The molecule has 1 aromatic heterocycles. The summed E-state index contributed by atoms with van der Waals surface area (Å²) in [5.74, 6) is 0.993. The average molecular weight is 317 g/mol. The largest absolute Gasteiger partial charge is 0.504 e. The summed E-state index contributed by atoms with van der Waals surface area (Å²) in [6.45, 7) is -0.0791. The van der Waals surface area contributed by atoms with Gasteiger partial charge < -0.3 is 14.9 Å². The van der Waals surface area contributed by atoms with Crippen LogP contribution in [0.5, 0.6) is 17.2 Å². The molecule has 0 saturated carbocycles. The summed E-state index contributed by atoms with van der Waals surface area (Å²) in [5.41, 5.74) is 1.50. The molecule has 3 aromatic carbocycles. The second-order valence-corrected chi connectivity index (χ2v) is 5.52. The van der Waals surface area contributed by atoms with Crippen molar-refractivity contribution in [2.24, 2.45) is 0 Å². The molecule has 4 heteroatoms. The van der Waals surface area contributed by atoms with Crippen LogP contribution in [0.1, 0.15) is 5.56 Å². The molecule has 4 nitrogen and oxygen atoms in total. The Morgan fingerprint density at radius 2 is 1.67 bits per heavy atom. The molecule has 0 aliphatic heterocycles. The van der Waals surface area contributed by atoms with Crippen molar-refractivity contribution in [3.8, 4) is 17.2 Å². The molecule has 0 saturated heterocycles. The third kappa shape index (κ3) is 2.33. The lowest BCUT2D eigenvalue weighted by atomic mass is 10.0. The lowest BCUT2D eigenvalue weighted by Gasteiger charge is -2.12. The van der Waals surface area contributed by atoms with E-state index in [1.165, 1.54) is 0 Å². The first-order chi connectivity index (χ1) is 11.8. The van der Waals surface area contributed by atoms with Crippen molar-refractivity contribution < 1.29 is 14.9 Å². The van der Waals surface area contributed by atoms with Gasteiger partial charge in [0.15, 0.2) is 17.2 Å². The number of rotatable bonds is 3. The smallest absolute Gasteiger partial charge is 0.169 e. The highest BCUT2D eigenvalue weighted by atomic mass is 16.5. The van der Waals surface area contributed by atoms with Crippen LogP contribution in [0.3, 0.4) is 0 Å². The van der Waals surface area contributed by atoms with Crippen LogP contribution in [0.25, 0.3) is 21.7 Å². The maximum Gasteiger partial charge on any atom is 0.169 e. The molecule has 0 atom stereocenters. The number of phenolic OH excluding ortho intramolecular Hbond substituents is 1. The number of phenols is 1. The van der Waals surface area contributed by atoms with Crippen LogP contribution in [0.4, 0.5) is 0 Å². The van der Waals surface area contributed by atoms with E-state index in [9.17, 15) is 10.2 Å². The molecule has 0 radical (unpaired) electrons. The van der Waals surface area contributed by atoms with Gasteiger partial charge in [0.05, 0.1) is 6.61 Å². The van der Waals surface area contributed by atoms with E-state index < -0.39 is 0 Å². The molecule has 0 aliphatic carbocycles. The monoisotopic (exact) mass is 317 g/mol. The average Bonchev–Trinajstić information content (AvgIpc) is 2.64. The van der Waals surface area contributed by atoms with Gasteiger partial charge >= 0.3 is 0 Å².